The van der Waals surface area contributed by atoms with Crippen LogP contribution in [0.1, 0.15) is 36.0 Å². The van der Waals surface area contributed by atoms with Crippen LogP contribution in [0, 0.1) is 0 Å². The molecule has 0 saturated carbocycles. The second kappa shape index (κ2) is 6.52. The Labute approximate surface area is 151 Å². The number of rotatable bonds is 3. The number of piperidine rings is 1. The predicted octanol–water partition coefficient (Wildman–Crippen LogP) is 2.98. The maximum absolute atomic E-state index is 4.52. The largest absolute Gasteiger partial charge is 0.312 e. The SMILES string of the molecule is c1ccc2c(CN3CCC(c4nnc5n4CCNC5)CC3)csc2c1. The third kappa shape index (κ3) is 2.88. The molecule has 6 heteroatoms. The fourth-order valence-electron chi connectivity index (χ4n) is 4.16. The van der Waals surface area contributed by atoms with Gasteiger partial charge in [-0.2, -0.15) is 0 Å². The van der Waals surface area contributed by atoms with Crippen molar-refractivity contribution < 1.29 is 0 Å². The van der Waals surface area contributed by atoms with E-state index in [1.165, 1.54) is 34.3 Å². The topological polar surface area (TPSA) is 46.0 Å². The summed E-state index contributed by atoms with van der Waals surface area (Å²) in [5, 5.41) is 16.0. The molecular formula is C19H23N5S. The van der Waals surface area contributed by atoms with Crippen molar-refractivity contribution in [2.75, 3.05) is 19.6 Å². The zero-order valence-electron chi connectivity index (χ0n) is 14.3. The molecule has 4 heterocycles. The molecular weight excluding hydrogens is 330 g/mol. The van der Waals surface area contributed by atoms with Crippen molar-refractivity contribution in [2.45, 2.75) is 38.4 Å². The van der Waals surface area contributed by atoms with Gasteiger partial charge >= 0.3 is 0 Å². The van der Waals surface area contributed by atoms with Gasteiger partial charge in [-0.05, 0) is 48.3 Å². The number of fused-ring (bicyclic) bond motifs is 2. The minimum Gasteiger partial charge on any atom is -0.312 e. The molecule has 0 spiro atoms. The third-order valence-corrected chi connectivity index (χ3v) is 6.57. The second-order valence-corrected chi connectivity index (χ2v) is 8.02. The molecule has 0 atom stereocenters. The van der Waals surface area contributed by atoms with E-state index in [1.807, 2.05) is 11.3 Å². The van der Waals surface area contributed by atoms with Gasteiger partial charge in [-0.1, -0.05) is 18.2 Å². The first-order valence-corrected chi connectivity index (χ1v) is 10.1. The Morgan fingerprint density at radius 1 is 1.12 bits per heavy atom. The molecule has 1 N–H and O–H groups in total. The van der Waals surface area contributed by atoms with Crippen LogP contribution in [0.25, 0.3) is 10.1 Å². The molecule has 5 nitrogen and oxygen atoms in total. The van der Waals surface area contributed by atoms with Gasteiger partial charge in [-0.15, -0.1) is 21.5 Å². The second-order valence-electron chi connectivity index (χ2n) is 7.11. The maximum atomic E-state index is 4.52. The Morgan fingerprint density at radius 3 is 2.92 bits per heavy atom. The minimum atomic E-state index is 0.565. The molecule has 1 aromatic carbocycles. The van der Waals surface area contributed by atoms with Crippen molar-refractivity contribution in [3.63, 3.8) is 0 Å². The molecule has 5 rings (SSSR count). The molecule has 3 aromatic rings. The first-order valence-electron chi connectivity index (χ1n) is 9.18. The molecule has 1 saturated heterocycles. The van der Waals surface area contributed by atoms with Crippen molar-refractivity contribution in [1.29, 1.82) is 0 Å². The van der Waals surface area contributed by atoms with E-state index in [1.54, 1.807) is 0 Å². The number of benzene rings is 1. The molecule has 2 aliphatic rings. The molecule has 130 valence electrons. The van der Waals surface area contributed by atoms with Crippen molar-refractivity contribution in [1.82, 2.24) is 25.0 Å². The molecule has 2 aliphatic heterocycles. The maximum Gasteiger partial charge on any atom is 0.147 e. The van der Waals surface area contributed by atoms with Crippen molar-refractivity contribution in [3.05, 3.63) is 46.9 Å². The highest BCUT2D eigenvalue weighted by Gasteiger charge is 2.27. The Hall–Kier alpha value is -1.76. The Kier molecular flexibility index (Phi) is 4.04. The van der Waals surface area contributed by atoms with Gasteiger partial charge in [0.05, 0.1) is 6.54 Å². The minimum absolute atomic E-state index is 0.565. The van der Waals surface area contributed by atoms with Gasteiger partial charge in [0.25, 0.3) is 0 Å². The van der Waals surface area contributed by atoms with E-state index in [2.05, 4.69) is 54.6 Å². The van der Waals surface area contributed by atoms with Crippen molar-refractivity contribution in [3.8, 4) is 0 Å². The summed E-state index contributed by atoms with van der Waals surface area (Å²) in [4.78, 5) is 2.60. The van der Waals surface area contributed by atoms with Crippen LogP contribution in [0.15, 0.2) is 29.6 Å². The molecule has 1 fully saturated rings. The summed E-state index contributed by atoms with van der Waals surface area (Å²) < 4.78 is 3.75. The van der Waals surface area contributed by atoms with Crippen LogP contribution in [-0.4, -0.2) is 39.3 Å². The first kappa shape index (κ1) is 15.5. The van der Waals surface area contributed by atoms with Crippen LogP contribution >= 0.6 is 11.3 Å². The summed E-state index contributed by atoms with van der Waals surface area (Å²) in [5.74, 6) is 2.89. The average molecular weight is 353 g/mol. The highest BCUT2D eigenvalue weighted by atomic mass is 32.1. The lowest BCUT2D eigenvalue weighted by molar-refractivity contribution is 0.200. The number of likely N-dealkylation sites (tertiary alicyclic amines) is 1. The first-order chi connectivity index (χ1) is 12.4. The highest BCUT2D eigenvalue weighted by molar-refractivity contribution is 7.17. The smallest absolute Gasteiger partial charge is 0.147 e. The van der Waals surface area contributed by atoms with Gasteiger partial charge in [0.1, 0.15) is 11.6 Å². The quantitative estimate of drug-likeness (QED) is 0.786. The van der Waals surface area contributed by atoms with Crippen LogP contribution in [0.5, 0.6) is 0 Å². The van der Waals surface area contributed by atoms with E-state index in [0.717, 1.165) is 45.1 Å². The summed E-state index contributed by atoms with van der Waals surface area (Å²) in [6.45, 7) is 6.27. The lowest BCUT2D eigenvalue weighted by Gasteiger charge is -2.32. The fourth-order valence-corrected chi connectivity index (χ4v) is 5.12. The van der Waals surface area contributed by atoms with Crippen LogP contribution < -0.4 is 5.32 Å². The highest BCUT2D eigenvalue weighted by Crippen LogP contribution is 2.31. The van der Waals surface area contributed by atoms with E-state index in [-0.39, 0.29) is 0 Å². The van der Waals surface area contributed by atoms with Gasteiger partial charge in [0, 0.05) is 30.3 Å². The molecule has 25 heavy (non-hydrogen) atoms. The molecule has 0 radical (unpaired) electrons. The Bertz CT molecular complexity index is 875. The van der Waals surface area contributed by atoms with Gasteiger partial charge in [-0.25, -0.2) is 0 Å². The summed E-state index contributed by atoms with van der Waals surface area (Å²) in [7, 11) is 0. The Balaban J connectivity index is 1.26. The number of hydrogen-bond donors (Lipinski definition) is 1. The standard InChI is InChI=1S/C19H23N5S/c1-2-4-17-16(3-1)15(13-25-17)12-23-8-5-14(6-9-23)19-22-21-18-11-20-7-10-24(18)19/h1-4,13-14,20H,5-12H2. The predicted molar refractivity (Wildman–Crippen MR) is 101 cm³/mol. The molecule has 0 unspecified atom stereocenters. The van der Waals surface area contributed by atoms with E-state index in [0.29, 0.717) is 5.92 Å². The van der Waals surface area contributed by atoms with Crippen molar-refractivity contribution >= 4 is 21.4 Å². The zero-order chi connectivity index (χ0) is 16.6. The molecule has 0 aliphatic carbocycles. The van der Waals surface area contributed by atoms with Gasteiger partial charge in [0.2, 0.25) is 0 Å². The Morgan fingerprint density at radius 2 is 2.00 bits per heavy atom. The van der Waals surface area contributed by atoms with Crippen molar-refractivity contribution in [2.24, 2.45) is 0 Å². The third-order valence-electron chi connectivity index (χ3n) is 5.56. The van der Waals surface area contributed by atoms with E-state index >= 15 is 0 Å². The lowest BCUT2D eigenvalue weighted by atomic mass is 9.95. The summed E-state index contributed by atoms with van der Waals surface area (Å²) in [5.41, 5.74) is 1.48. The number of hydrogen-bond acceptors (Lipinski definition) is 5. The van der Waals surface area contributed by atoms with E-state index < -0.39 is 0 Å². The molecule has 2 aromatic heterocycles. The number of nitrogens with zero attached hydrogens (tertiary/aromatic N) is 4. The summed E-state index contributed by atoms with van der Waals surface area (Å²) >= 11 is 1.86. The number of aromatic nitrogens is 3. The monoisotopic (exact) mass is 353 g/mol. The molecule has 0 bridgehead atoms. The summed E-state index contributed by atoms with van der Waals surface area (Å²) in [6, 6.07) is 8.75. The fraction of sp³-hybridized carbons (Fsp3) is 0.474. The van der Waals surface area contributed by atoms with Gasteiger partial charge in [0.15, 0.2) is 0 Å². The van der Waals surface area contributed by atoms with Crippen LogP contribution in [-0.2, 0) is 19.6 Å². The van der Waals surface area contributed by atoms with Crippen LogP contribution in [0.2, 0.25) is 0 Å². The van der Waals surface area contributed by atoms with E-state index in [9.17, 15) is 0 Å². The van der Waals surface area contributed by atoms with Gasteiger partial charge in [-0.3, -0.25) is 4.90 Å². The lowest BCUT2D eigenvalue weighted by Crippen LogP contribution is -2.34. The normalized spacial score (nSPS) is 19.4. The zero-order valence-corrected chi connectivity index (χ0v) is 15.1. The molecule has 0 amide bonds. The van der Waals surface area contributed by atoms with Gasteiger partial charge < -0.3 is 9.88 Å². The average Bonchev–Trinajstić information content (AvgIpc) is 3.27. The number of nitrogens with one attached hydrogen (secondary N) is 1. The summed E-state index contributed by atoms with van der Waals surface area (Å²) in [6.07, 6.45) is 2.38. The van der Waals surface area contributed by atoms with Crippen LogP contribution in [0.3, 0.4) is 0 Å². The van der Waals surface area contributed by atoms with Crippen LogP contribution in [0.4, 0.5) is 0 Å². The van der Waals surface area contributed by atoms with E-state index in [4.69, 9.17) is 0 Å². The number of thiophene rings is 1.